The van der Waals surface area contributed by atoms with Crippen molar-refractivity contribution < 1.29 is 9.84 Å². The molecule has 5 heteroatoms. The number of thiazole rings is 1. The number of rotatable bonds is 5. The third-order valence-electron chi connectivity index (χ3n) is 5.23. The van der Waals surface area contributed by atoms with Crippen molar-refractivity contribution in [2.45, 2.75) is 25.5 Å². The molecule has 0 saturated carbocycles. The summed E-state index contributed by atoms with van der Waals surface area (Å²) in [4.78, 5) is 7.19. The van der Waals surface area contributed by atoms with Gasteiger partial charge >= 0.3 is 0 Å². The van der Waals surface area contributed by atoms with Gasteiger partial charge in [0.1, 0.15) is 10.8 Å². The first-order valence-corrected chi connectivity index (χ1v) is 9.93. The molecule has 1 aliphatic rings. The van der Waals surface area contributed by atoms with Crippen LogP contribution in [0.1, 0.15) is 29.5 Å². The van der Waals surface area contributed by atoms with Crippen molar-refractivity contribution in [3.63, 3.8) is 0 Å². The molecule has 26 heavy (non-hydrogen) atoms. The van der Waals surface area contributed by atoms with Gasteiger partial charge in [-0.2, -0.15) is 0 Å². The van der Waals surface area contributed by atoms with Gasteiger partial charge in [0.05, 0.1) is 30.0 Å². The maximum atomic E-state index is 10.7. The van der Waals surface area contributed by atoms with E-state index in [0.29, 0.717) is 5.92 Å². The number of hydrogen-bond donors (Lipinski definition) is 1. The Kier molecular flexibility index (Phi) is 5.20. The smallest absolute Gasteiger partial charge is 0.118 e. The first-order valence-electron chi connectivity index (χ1n) is 9.12. The number of likely N-dealkylation sites (tertiary alicyclic amines) is 1. The monoisotopic (exact) mass is 368 g/mol. The average Bonchev–Trinajstić information content (AvgIpc) is 3.10. The van der Waals surface area contributed by atoms with E-state index in [1.807, 2.05) is 30.3 Å². The molecule has 4 rings (SSSR count). The SMILES string of the molecule is COc1ccc([C@H](O)C2CCN(Cc3nc4ccccc4s3)CC2)cc1. The molecule has 1 saturated heterocycles. The van der Waals surface area contributed by atoms with Crippen molar-refractivity contribution >= 4 is 21.6 Å². The van der Waals surface area contributed by atoms with Gasteiger partial charge in [0, 0.05) is 0 Å². The van der Waals surface area contributed by atoms with Crippen LogP contribution in [0.5, 0.6) is 5.75 Å². The molecule has 2 heterocycles. The molecule has 1 aromatic heterocycles. The van der Waals surface area contributed by atoms with Crippen LogP contribution >= 0.6 is 11.3 Å². The number of aliphatic hydroxyl groups excluding tert-OH is 1. The second-order valence-electron chi connectivity index (χ2n) is 6.91. The zero-order valence-corrected chi connectivity index (χ0v) is 15.8. The van der Waals surface area contributed by atoms with Crippen molar-refractivity contribution in [2.24, 2.45) is 5.92 Å². The second kappa shape index (κ2) is 7.74. The molecule has 1 fully saturated rings. The largest absolute Gasteiger partial charge is 0.497 e. The van der Waals surface area contributed by atoms with E-state index in [9.17, 15) is 5.11 Å². The van der Waals surface area contributed by atoms with Crippen molar-refractivity contribution in [3.05, 3.63) is 59.1 Å². The fourth-order valence-corrected chi connectivity index (χ4v) is 4.69. The molecule has 136 valence electrons. The van der Waals surface area contributed by atoms with Gasteiger partial charge in [-0.25, -0.2) is 4.98 Å². The van der Waals surface area contributed by atoms with Crippen LogP contribution in [0.3, 0.4) is 0 Å². The molecule has 0 amide bonds. The first kappa shape index (κ1) is 17.5. The van der Waals surface area contributed by atoms with Crippen LogP contribution in [0.15, 0.2) is 48.5 Å². The third kappa shape index (κ3) is 3.75. The lowest BCUT2D eigenvalue weighted by molar-refractivity contribution is 0.0567. The third-order valence-corrected chi connectivity index (χ3v) is 6.25. The molecule has 4 nitrogen and oxygen atoms in total. The predicted molar refractivity (Wildman–Crippen MR) is 106 cm³/mol. The van der Waals surface area contributed by atoms with Gasteiger partial charge in [-0.1, -0.05) is 24.3 Å². The lowest BCUT2D eigenvalue weighted by Gasteiger charge is -2.34. The molecule has 0 radical (unpaired) electrons. The van der Waals surface area contributed by atoms with Crippen LogP contribution in [0.4, 0.5) is 0 Å². The Labute approximate surface area is 158 Å². The molecule has 0 unspecified atom stereocenters. The Balaban J connectivity index is 1.34. The fourth-order valence-electron chi connectivity index (χ4n) is 3.68. The number of benzene rings is 2. The average molecular weight is 369 g/mol. The van der Waals surface area contributed by atoms with E-state index >= 15 is 0 Å². The summed E-state index contributed by atoms with van der Waals surface area (Å²) in [5, 5.41) is 11.9. The minimum atomic E-state index is -0.398. The topological polar surface area (TPSA) is 45.6 Å². The predicted octanol–water partition coefficient (Wildman–Crippen LogP) is 4.25. The van der Waals surface area contributed by atoms with E-state index in [1.165, 1.54) is 9.71 Å². The van der Waals surface area contributed by atoms with E-state index in [0.717, 1.165) is 49.3 Å². The normalized spacial score (nSPS) is 17.5. The molecule has 0 spiro atoms. The van der Waals surface area contributed by atoms with Crippen molar-refractivity contribution in [2.75, 3.05) is 20.2 Å². The summed E-state index contributed by atoms with van der Waals surface area (Å²) >= 11 is 1.78. The van der Waals surface area contributed by atoms with Crippen LogP contribution in [0.25, 0.3) is 10.2 Å². The number of aliphatic hydroxyl groups is 1. The van der Waals surface area contributed by atoms with Gasteiger partial charge in [0.15, 0.2) is 0 Å². The van der Waals surface area contributed by atoms with E-state index < -0.39 is 6.10 Å². The Morgan fingerprint density at radius 2 is 1.88 bits per heavy atom. The summed E-state index contributed by atoms with van der Waals surface area (Å²) in [6.45, 7) is 2.92. The van der Waals surface area contributed by atoms with Crippen LogP contribution in [-0.2, 0) is 6.54 Å². The van der Waals surface area contributed by atoms with E-state index in [2.05, 4.69) is 23.1 Å². The van der Waals surface area contributed by atoms with Crippen molar-refractivity contribution in [3.8, 4) is 5.75 Å². The minimum Gasteiger partial charge on any atom is -0.497 e. The molecule has 3 aromatic rings. The Morgan fingerprint density at radius 1 is 1.15 bits per heavy atom. The van der Waals surface area contributed by atoms with Crippen LogP contribution < -0.4 is 4.74 Å². The van der Waals surface area contributed by atoms with E-state index in [1.54, 1.807) is 18.4 Å². The number of fused-ring (bicyclic) bond motifs is 1. The zero-order chi connectivity index (χ0) is 17.9. The summed E-state index contributed by atoms with van der Waals surface area (Å²) in [5.41, 5.74) is 2.08. The molecular weight excluding hydrogens is 344 g/mol. The summed E-state index contributed by atoms with van der Waals surface area (Å²) in [6, 6.07) is 16.1. The van der Waals surface area contributed by atoms with Gasteiger partial charge in [-0.3, -0.25) is 4.90 Å². The van der Waals surface area contributed by atoms with Crippen molar-refractivity contribution in [1.82, 2.24) is 9.88 Å². The number of aromatic nitrogens is 1. The Bertz CT molecular complexity index is 821. The quantitative estimate of drug-likeness (QED) is 0.731. The summed E-state index contributed by atoms with van der Waals surface area (Å²) in [7, 11) is 1.66. The highest BCUT2D eigenvalue weighted by Crippen LogP contribution is 2.32. The fraction of sp³-hybridized carbons (Fsp3) is 0.381. The minimum absolute atomic E-state index is 0.315. The molecule has 1 N–H and O–H groups in total. The number of piperidine rings is 1. The Morgan fingerprint density at radius 3 is 2.58 bits per heavy atom. The lowest BCUT2D eigenvalue weighted by Crippen LogP contribution is -2.35. The van der Waals surface area contributed by atoms with Gasteiger partial charge < -0.3 is 9.84 Å². The van der Waals surface area contributed by atoms with Gasteiger partial charge in [0.2, 0.25) is 0 Å². The van der Waals surface area contributed by atoms with E-state index in [4.69, 9.17) is 9.72 Å². The zero-order valence-electron chi connectivity index (χ0n) is 15.0. The van der Waals surface area contributed by atoms with Gasteiger partial charge in [-0.15, -0.1) is 11.3 Å². The molecule has 0 aliphatic carbocycles. The molecule has 0 bridgehead atoms. The summed E-state index contributed by atoms with van der Waals surface area (Å²) in [6.07, 6.45) is 1.63. The maximum absolute atomic E-state index is 10.7. The number of methoxy groups -OCH3 is 1. The van der Waals surface area contributed by atoms with E-state index in [-0.39, 0.29) is 0 Å². The second-order valence-corrected chi connectivity index (χ2v) is 8.02. The molecule has 2 aromatic carbocycles. The number of nitrogens with zero attached hydrogens (tertiary/aromatic N) is 2. The van der Waals surface area contributed by atoms with Crippen LogP contribution in [0.2, 0.25) is 0 Å². The summed E-state index contributed by atoms with van der Waals surface area (Å²) < 4.78 is 6.45. The number of ether oxygens (including phenoxy) is 1. The molecule has 1 atom stereocenters. The molecule has 1 aliphatic heterocycles. The van der Waals surface area contributed by atoms with Crippen LogP contribution in [-0.4, -0.2) is 35.2 Å². The standard InChI is InChI=1S/C21H24N2O2S/c1-25-17-8-6-15(7-9-17)21(24)16-10-12-23(13-11-16)14-20-22-18-4-2-3-5-19(18)26-20/h2-9,16,21,24H,10-14H2,1H3/t21-/m0/s1. The Hall–Kier alpha value is -1.95. The highest BCUT2D eigenvalue weighted by Gasteiger charge is 2.26. The van der Waals surface area contributed by atoms with Crippen molar-refractivity contribution in [1.29, 1.82) is 0 Å². The number of hydrogen-bond acceptors (Lipinski definition) is 5. The van der Waals surface area contributed by atoms with Gasteiger partial charge in [-0.05, 0) is 61.7 Å². The maximum Gasteiger partial charge on any atom is 0.118 e. The lowest BCUT2D eigenvalue weighted by atomic mass is 9.87. The highest BCUT2D eigenvalue weighted by molar-refractivity contribution is 7.18. The first-order chi connectivity index (χ1) is 12.7. The summed E-state index contributed by atoms with van der Waals surface area (Å²) in [5.74, 6) is 1.14. The highest BCUT2D eigenvalue weighted by atomic mass is 32.1. The van der Waals surface area contributed by atoms with Crippen LogP contribution in [0, 0.1) is 5.92 Å². The number of para-hydroxylation sites is 1. The van der Waals surface area contributed by atoms with Gasteiger partial charge in [0.25, 0.3) is 0 Å². The molecular formula is C21H24N2O2S.